The lowest BCUT2D eigenvalue weighted by Crippen LogP contribution is -2.44. The van der Waals surface area contributed by atoms with Gasteiger partial charge >= 0.3 is 6.09 Å². The number of amides is 1. The number of fused-ring (bicyclic) bond motifs is 1. The Balaban J connectivity index is 1.39. The third-order valence-corrected chi connectivity index (χ3v) is 6.34. The molecule has 0 aromatic heterocycles. The van der Waals surface area contributed by atoms with Gasteiger partial charge in [0.05, 0.1) is 18.0 Å². The highest BCUT2D eigenvalue weighted by Crippen LogP contribution is 2.37. The number of ether oxygens (including phenoxy) is 3. The SMILES string of the molecule is Cc1ccc(S(=O)(=O)O[C@H](CNC(=O)OCc2ccccc2)[C@H]2OC[C@@H]3O[C@H]23)cc1. The molecular weight excluding hydrogens is 410 g/mol. The standard InChI is InChI=1S/C21H23NO7S/c1-14-7-9-16(10-8-14)30(24,25)29-17(19-20-18(28-20)13-26-19)11-22-21(23)27-12-15-5-3-2-4-6-15/h2-10,17-20H,11-13H2,1H3,(H,22,23)/t17-,18+,19-,20+/m1/s1. The summed E-state index contributed by atoms with van der Waals surface area (Å²) in [6, 6.07) is 15.6. The normalized spacial score (nSPS) is 23.4. The topological polar surface area (TPSA) is 103 Å². The summed E-state index contributed by atoms with van der Waals surface area (Å²) in [6.45, 7) is 2.24. The lowest BCUT2D eigenvalue weighted by molar-refractivity contribution is -0.0347. The number of hydrogen-bond acceptors (Lipinski definition) is 7. The van der Waals surface area contributed by atoms with Crippen LogP contribution in [0.2, 0.25) is 0 Å². The monoisotopic (exact) mass is 433 g/mol. The molecule has 9 heteroatoms. The molecule has 0 unspecified atom stereocenters. The molecule has 1 amide bonds. The van der Waals surface area contributed by atoms with Gasteiger partial charge in [0, 0.05) is 0 Å². The Labute approximate surface area is 175 Å². The van der Waals surface area contributed by atoms with Gasteiger partial charge in [-0.05, 0) is 24.6 Å². The molecule has 2 aromatic rings. The van der Waals surface area contributed by atoms with E-state index < -0.39 is 28.4 Å². The molecule has 0 bridgehead atoms. The van der Waals surface area contributed by atoms with E-state index >= 15 is 0 Å². The molecule has 160 valence electrons. The highest BCUT2D eigenvalue weighted by molar-refractivity contribution is 7.86. The van der Waals surface area contributed by atoms with Crippen molar-refractivity contribution >= 4 is 16.2 Å². The summed E-state index contributed by atoms with van der Waals surface area (Å²) in [4.78, 5) is 12.1. The molecule has 2 heterocycles. The molecule has 0 saturated carbocycles. The third kappa shape index (κ3) is 4.99. The summed E-state index contributed by atoms with van der Waals surface area (Å²) >= 11 is 0. The van der Waals surface area contributed by atoms with Crippen LogP contribution in [0.4, 0.5) is 4.79 Å². The van der Waals surface area contributed by atoms with Crippen LogP contribution in [-0.2, 0) is 35.1 Å². The zero-order chi connectivity index (χ0) is 21.1. The fraction of sp³-hybridized carbons (Fsp3) is 0.381. The van der Waals surface area contributed by atoms with Gasteiger partial charge in [-0.2, -0.15) is 8.42 Å². The summed E-state index contributed by atoms with van der Waals surface area (Å²) in [5.41, 5.74) is 1.78. The van der Waals surface area contributed by atoms with Crippen molar-refractivity contribution < 1.29 is 31.6 Å². The minimum atomic E-state index is -4.05. The lowest BCUT2D eigenvalue weighted by Gasteiger charge is -2.24. The fourth-order valence-corrected chi connectivity index (χ4v) is 4.37. The zero-order valence-electron chi connectivity index (χ0n) is 16.4. The highest BCUT2D eigenvalue weighted by Gasteiger charge is 2.55. The van der Waals surface area contributed by atoms with Gasteiger partial charge < -0.3 is 19.5 Å². The van der Waals surface area contributed by atoms with E-state index in [4.69, 9.17) is 18.4 Å². The Morgan fingerprint density at radius 1 is 1.17 bits per heavy atom. The van der Waals surface area contributed by atoms with Crippen LogP contribution in [0.15, 0.2) is 59.5 Å². The minimum Gasteiger partial charge on any atom is -0.445 e. The first kappa shape index (κ1) is 20.8. The van der Waals surface area contributed by atoms with Crippen LogP contribution in [0.25, 0.3) is 0 Å². The van der Waals surface area contributed by atoms with Crippen LogP contribution < -0.4 is 5.32 Å². The Kier molecular flexibility index (Phi) is 6.05. The first-order chi connectivity index (χ1) is 14.4. The zero-order valence-corrected chi connectivity index (χ0v) is 17.2. The van der Waals surface area contributed by atoms with Crippen molar-refractivity contribution in [3.8, 4) is 0 Å². The minimum absolute atomic E-state index is 0.0380. The number of hydrogen-bond donors (Lipinski definition) is 1. The van der Waals surface area contributed by atoms with Crippen LogP contribution in [-0.4, -0.2) is 52.1 Å². The second-order valence-electron chi connectivity index (χ2n) is 7.28. The van der Waals surface area contributed by atoms with Crippen molar-refractivity contribution in [2.45, 2.75) is 42.8 Å². The van der Waals surface area contributed by atoms with Gasteiger partial charge in [0.25, 0.3) is 10.1 Å². The van der Waals surface area contributed by atoms with Crippen LogP contribution in [0.5, 0.6) is 0 Å². The molecule has 0 radical (unpaired) electrons. The van der Waals surface area contributed by atoms with Crippen molar-refractivity contribution in [3.63, 3.8) is 0 Å². The summed E-state index contributed by atoms with van der Waals surface area (Å²) < 4.78 is 47.2. The Morgan fingerprint density at radius 3 is 2.53 bits per heavy atom. The van der Waals surface area contributed by atoms with Crippen LogP contribution in [0.3, 0.4) is 0 Å². The molecule has 1 N–H and O–H groups in total. The molecule has 2 fully saturated rings. The molecule has 4 atom stereocenters. The second-order valence-corrected chi connectivity index (χ2v) is 8.85. The maximum Gasteiger partial charge on any atom is 0.407 e. The Bertz CT molecular complexity index is 978. The van der Waals surface area contributed by atoms with Gasteiger partial charge in [-0.25, -0.2) is 4.79 Å². The predicted molar refractivity (Wildman–Crippen MR) is 106 cm³/mol. The Hall–Kier alpha value is -2.46. The Morgan fingerprint density at radius 2 is 1.90 bits per heavy atom. The van der Waals surface area contributed by atoms with E-state index in [1.807, 2.05) is 37.3 Å². The van der Waals surface area contributed by atoms with E-state index in [-0.39, 0.29) is 30.3 Å². The first-order valence-electron chi connectivity index (χ1n) is 9.64. The summed E-state index contributed by atoms with van der Waals surface area (Å²) in [6.07, 6.45) is -2.49. The van der Waals surface area contributed by atoms with Gasteiger partial charge in [-0.3, -0.25) is 4.18 Å². The van der Waals surface area contributed by atoms with Crippen molar-refractivity contribution in [2.24, 2.45) is 0 Å². The number of carbonyl (C=O) groups is 1. The molecule has 0 aliphatic carbocycles. The summed E-state index contributed by atoms with van der Waals surface area (Å²) in [5.74, 6) is 0. The highest BCUT2D eigenvalue weighted by atomic mass is 32.2. The van der Waals surface area contributed by atoms with Gasteiger partial charge in [-0.1, -0.05) is 48.0 Å². The maximum absolute atomic E-state index is 12.7. The molecule has 0 spiro atoms. The van der Waals surface area contributed by atoms with Crippen molar-refractivity contribution in [3.05, 3.63) is 65.7 Å². The predicted octanol–water partition coefficient (Wildman–Crippen LogP) is 2.16. The van der Waals surface area contributed by atoms with Gasteiger partial charge in [0.15, 0.2) is 0 Å². The van der Waals surface area contributed by atoms with E-state index in [2.05, 4.69) is 5.32 Å². The van der Waals surface area contributed by atoms with Gasteiger partial charge in [0.1, 0.15) is 31.0 Å². The van der Waals surface area contributed by atoms with Crippen LogP contribution in [0, 0.1) is 6.92 Å². The summed E-state index contributed by atoms with van der Waals surface area (Å²) in [7, 11) is -4.05. The number of aryl methyl sites for hydroxylation is 1. The van der Waals surface area contributed by atoms with Crippen LogP contribution >= 0.6 is 0 Å². The molecule has 2 aliphatic rings. The van der Waals surface area contributed by atoms with E-state index in [9.17, 15) is 13.2 Å². The fourth-order valence-electron chi connectivity index (χ4n) is 3.29. The van der Waals surface area contributed by atoms with E-state index in [0.29, 0.717) is 6.61 Å². The lowest BCUT2D eigenvalue weighted by atomic mass is 10.1. The maximum atomic E-state index is 12.7. The molecule has 2 aliphatic heterocycles. The van der Waals surface area contributed by atoms with Crippen molar-refractivity contribution in [2.75, 3.05) is 13.2 Å². The van der Waals surface area contributed by atoms with Crippen molar-refractivity contribution in [1.29, 1.82) is 0 Å². The second kappa shape index (κ2) is 8.73. The number of epoxide rings is 1. The average Bonchev–Trinajstić information content (AvgIpc) is 3.40. The molecule has 8 nitrogen and oxygen atoms in total. The smallest absolute Gasteiger partial charge is 0.407 e. The number of nitrogens with one attached hydrogen (secondary N) is 1. The molecule has 2 saturated heterocycles. The molecule has 4 rings (SSSR count). The third-order valence-electron chi connectivity index (χ3n) is 4.99. The number of benzene rings is 2. The quantitative estimate of drug-likeness (QED) is 0.503. The first-order valence-corrected chi connectivity index (χ1v) is 11.0. The molecular formula is C21H23NO7S. The number of alkyl carbamates (subject to hydrolysis) is 1. The number of carbonyl (C=O) groups excluding carboxylic acids is 1. The van der Waals surface area contributed by atoms with E-state index in [1.165, 1.54) is 12.1 Å². The van der Waals surface area contributed by atoms with E-state index in [1.54, 1.807) is 12.1 Å². The average molecular weight is 433 g/mol. The van der Waals surface area contributed by atoms with Gasteiger partial charge in [0.2, 0.25) is 0 Å². The van der Waals surface area contributed by atoms with E-state index in [0.717, 1.165) is 11.1 Å². The largest absolute Gasteiger partial charge is 0.445 e. The molecule has 2 aromatic carbocycles. The number of rotatable bonds is 8. The van der Waals surface area contributed by atoms with Crippen LogP contribution in [0.1, 0.15) is 11.1 Å². The summed E-state index contributed by atoms with van der Waals surface area (Å²) in [5, 5.41) is 2.57. The van der Waals surface area contributed by atoms with Gasteiger partial charge in [-0.15, -0.1) is 0 Å². The molecule has 30 heavy (non-hydrogen) atoms. The van der Waals surface area contributed by atoms with Crippen molar-refractivity contribution in [1.82, 2.24) is 5.32 Å².